The fourth-order valence-electron chi connectivity index (χ4n) is 2.39. The molecule has 1 heterocycles. The second-order valence-corrected chi connectivity index (χ2v) is 5.98. The van der Waals surface area contributed by atoms with Crippen LogP contribution >= 0.6 is 0 Å². The molecule has 5 nitrogen and oxygen atoms in total. The van der Waals surface area contributed by atoms with Crippen LogP contribution in [0, 0.1) is 0 Å². The molecule has 0 bridgehead atoms. The zero-order valence-corrected chi connectivity index (χ0v) is 14.7. The number of carboxylic acid groups (broad SMARTS) is 1. The maximum atomic E-state index is 11.9. The number of esters is 1. The fraction of sp³-hybridized carbons (Fsp3) is 0.556. The largest absolute Gasteiger partial charge is 0.490 e. The first-order valence-corrected chi connectivity index (χ1v) is 8.52. The Morgan fingerprint density at radius 1 is 1.23 bits per heavy atom. The minimum atomic E-state index is -5.08. The number of alkyl halides is 3. The van der Waals surface area contributed by atoms with Gasteiger partial charge in [-0.1, -0.05) is 25.5 Å². The molecule has 1 aliphatic rings. The second-order valence-electron chi connectivity index (χ2n) is 5.98. The first-order chi connectivity index (χ1) is 12.2. The molecule has 1 aromatic rings. The van der Waals surface area contributed by atoms with Crippen LogP contribution < -0.4 is 0 Å². The quantitative estimate of drug-likeness (QED) is 0.604. The van der Waals surface area contributed by atoms with Crippen LogP contribution in [0.15, 0.2) is 24.3 Å². The first kappa shape index (κ1) is 22.0. The SMILES string of the molecule is CCCCOC(=O)c1cccc(CN2CCCC2)c1.O=C(O)C(F)(F)F. The third-order valence-electron chi connectivity index (χ3n) is 3.74. The summed E-state index contributed by atoms with van der Waals surface area (Å²) in [4.78, 5) is 23.2. The van der Waals surface area contributed by atoms with E-state index in [0.717, 1.165) is 19.4 Å². The Balaban J connectivity index is 0.000000412. The summed E-state index contributed by atoms with van der Waals surface area (Å²) in [5.41, 5.74) is 1.87. The van der Waals surface area contributed by atoms with Gasteiger partial charge in [-0.05, 0) is 50.0 Å². The van der Waals surface area contributed by atoms with E-state index in [1.807, 2.05) is 18.2 Å². The number of halogens is 3. The summed E-state index contributed by atoms with van der Waals surface area (Å²) < 4.78 is 37.0. The minimum Gasteiger partial charge on any atom is -0.475 e. The number of benzene rings is 1. The summed E-state index contributed by atoms with van der Waals surface area (Å²) in [5.74, 6) is -2.95. The highest BCUT2D eigenvalue weighted by molar-refractivity contribution is 5.89. The van der Waals surface area contributed by atoms with Crippen molar-refractivity contribution in [3.63, 3.8) is 0 Å². The van der Waals surface area contributed by atoms with Crippen molar-refractivity contribution in [1.82, 2.24) is 4.90 Å². The normalized spacial score (nSPS) is 14.5. The van der Waals surface area contributed by atoms with E-state index >= 15 is 0 Å². The molecule has 0 amide bonds. The zero-order chi connectivity index (χ0) is 19.6. The van der Waals surface area contributed by atoms with E-state index in [4.69, 9.17) is 14.6 Å². The fourth-order valence-corrected chi connectivity index (χ4v) is 2.39. The Hall–Kier alpha value is -2.09. The number of carbonyl (C=O) groups excluding carboxylic acids is 1. The van der Waals surface area contributed by atoms with Crippen LogP contribution in [0.1, 0.15) is 48.5 Å². The van der Waals surface area contributed by atoms with Crippen LogP contribution in [-0.2, 0) is 16.1 Å². The monoisotopic (exact) mass is 375 g/mol. The Morgan fingerprint density at radius 3 is 2.38 bits per heavy atom. The minimum absolute atomic E-state index is 0.197. The van der Waals surface area contributed by atoms with Gasteiger partial charge in [-0.25, -0.2) is 9.59 Å². The van der Waals surface area contributed by atoms with Crippen LogP contribution in [0.2, 0.25) is 0 Å². The molecule has 0 spiro atoms. The van der Waals surface area contributed by atoms with Gasteiger partial charge >= 0.3 is 18.1 Å². The lowest BCUT2D eigenvalue weighted by Gasteiger charge is -2.14. The van der Waals surface area contributed by atoms with Gasteiger partial charge in [-0.3, -0.25) is 4.90 Å². The Labute approximate surface area is 150 Å². The van der Waals surface area contributed by atoms with Gasteiger partial charge in [0.25, 0.3) is 0 Å². The molecule has 1 aromatic carbocycles. The Morgan fingerprint density at radius 2 is 1.85 bits per heavy atom. The number of nitrogens with zero attached hydrogens (tertiary/aromatic N) is 1. The molecule has 2 rings (SSSR count). The van der Waals surface area contributed by atoms with E-state index < -0.39 is 12.1 Å². The lowest BCUT2D eigenvalue weighted by Crippen LogP contribution is -2.21. The molecular formula is C18H24F3NO4. The summed E-state index contributed by atoms with van der Waals surface area (Å²) >= 11 is 0. The van der Waals surface area contributed by atoms with Gasteiger partial charge in [-0.15, -0.1) is 0 Å². The Kier molecular flexibility index (Phi) is 9.12. The molecule has 26 heavy (non-hydrogen) atoms. The summed E-state index contributed by atoms with van der Waals surface area (Å²) in [6.07, 6.45) is -0.529. The number of aliphatic carboxylic acids is 1. The highest BCUT2D eigenvalue weighted by Gasteiger charge is 2.38. The topological polar surface area (TPSA) is 66.8 Å². The van der Waals surface area contributed by atoms with Crippen molar-refractivity contribution in [2.45, 2.75) is 45.3 Å². The molecule has 1 saturated heterocycles. The molecule has 0 aromatic heterocycles. The van der Waals surface area contributed by atoms with Crippen LogP contribution in [0.3, 0.4) is 0 Å². The van der Waals surface area contributed by atoms with Crippen LogP contribution in [0.5, 0.6) is 0 Å². The van der Waals surface area contributed by atoms with Gasteiger partial charge in [0.2, 0.25) is 0 Å². The van der Waals surface area contributed by atoms with Gasteiger partial charge in [0.1, 0.15) is 0 Å². The van der Waals surface area contributed by atoms with Crippen LogP contribution in [0.25, 0.3) is 0 Å². The lowest BCUT2D eigenvalue weighted by atomic mass is 10.1. The molecule has 146 valence electrons. The predicted molar refractivity (Wildman–Crippen MR) is 89.8 cm³/mol. The van der Waals surface area contributed by atoms with E-state index in [2.05, 4.69) is 17.9 Å². The van der Waals surface area contributed by atoms with Gasteiger partial charge in [0.05, 0.1) is 12.2 Å². The van der Waals surface area contributed by atoms with Crippen molar-refractivity contribution >= 4 is 11.9 Å². The summed E-state index contributed by atoms with van der Waals surface area (Å²) in [7, 11) is 0. The molecule has 0 saturated carbocycles. The van der Waals surface area contributed by atoms with E-state index in [-0.39, 0.29) is 5.97 Å². The number of carbonyl (C=O) groups is 2. The van der Waals surface area contributed by atoms with Crippen molar-refractivity contribution in [2.75, 3.05) is 19.7 Å². The molecular weight excluding hydrogens is 351 g/mol. The highest BCUT2D eigenvalue weighted by atomic mass is 19.4. The van der Waals surface area contributed by atoms with Gasteiger partial charge < -0.3 is 9.84 Å². The van der Waals surface area contributed by atoms with Crippen molar-refractivity contribution in [3.05, 3.63) is 35.4 Å². The maximum Gasteiger partial charge on any atom is 0.490 e. The molecule has 1 aliphatic heterocycles. The average molecular weight is 375 g/mol. The van der Waals surface area contributed by atoms with Crippen molar-refractivity contribution < 1.29 is 32.6 Å². The van der Waals surface area contributed by atoms with Crippen molar-refractivity contribution in [2.24, 2.45) is 0 Å². The maximum absolute atomic E-state index is 11.9. The number of carboxylic acids is 1. The standard InChI is InChI=1S/C16H23NO2.C2HF3O2/c1-2-3-11-19-16(18)15-8-6-7-14(12-15)13-17-9-4-5-10-17;3-2(4,5)1(6)7/h6-8,12H,2-5,9-11,13H2,1H3;(H,6,7). The molecule has 0 atom stereocenters. The number of ether oxygens (including phenoxy) is 1. The third kappa shape index (κ3) is 8.33. The molecule has 8 heteroatoms. The highest BCUT2D eigenvalue weighted by Crippen LogP contribution is 2.14. The van der Waals surface area contributed by atoms with Crippen molar-refractivity contribution in [1.29, 1.82) is 0 Å². The lowest BCUT2D eigenvalue weighted by molar-refractivity contribution is -0.192. The number of hydrogen-bond acceptors (Lipinski definition) is 4. The van der Waals surface area contributed by atoms with Crippen LogP contribution in [0.4, 0.5) is 13.2 Å². The third-order valence-corrected chi connectivity index (χ3v) is 3.74. The average Bonchev–Trinajstić information content (AvgIpc) is 3.08. The van der Waals surface area contributed by atoms with Gasteiger partial charge in [-0.2, -0.15) is 13.2 Å². The van der Waals surface area contributed by atoms with Crippen LogP contribution in [-0.4, -0.2) is 47.8 Å². The number of unbranched alkanes of at least 4 members (excludes halogenated alkanes) is 1. The number of hydrogen-bond donors (Lipinski definition) is 1. The molecule has 1 N–H and O–H groups in total. The second kappa shape index (κ2) is 10.8. The van der Waals surface area contributed by atoms with E-state index in [0.29, 0.717) is 12.2 Å². The molecule has 0 aliphatic carbocycles. The summed E-state index contributed by atoms with van der Waals surface area (Å²) in [5, 5.41) is 7.12. The molecule has 0 unspecified atom stereocenters. The zero-order valence-electron chi connectivity index (χ0n) is 14.7. The summed E-state index contributed by atoms with van der Waals surface area (Å²) in [6, 6.07) is 7.83. The molecule has 1 fully saturated rings. The van der Waals surface area contributed by atoms with E-state index in [1.54, 1.807) is 0 Å². The van der Waals surface area contributed by atoms with Gasteiger partial charge in [0.15, 0.2) is 0 Å². The summed E-state index contributed by atoms with van der Waals surface area (Å²) in [6.45, 7) is 5.89. The molecule has 0 radical (unpaired) electrons. The smallest absolute Gasteiger partial charge is 0.475 e. The number of likely N-dealkylation sites (tertiary alicyclic amines) is 1. The predicted octanol–water partition coefficient (Wildman–Crippen LogP) is 3.87. The van der Waals surface area contributed by atoms with Gasteiger partial charge in [0, 0.05) is 6.54 Å². The van der Waals surface area contributed by atoms with Crippen molar-refractivity contribution in [3.8, 4) is 0 Å². The first-order valence-electron chi connectivity index (χ1n) is 8.52. The Bertz CT molecular complexity index is 584. The van der Waals surface area contributed by atoms with E-state index in [9.17, 15) is 18.0 Å². The van der Waals surface area contributed by atoms with E-state index in [1.165, 1.54) is 31.5 Å². The number of rotatable bonds is 6.